The number of amides is 1. The minimum Gasteiger partial charge on any atom is -0.435 e. The number of carbonyl (C=O) groups is 1. The molecule has 9 heteroatoms. The van der Waals surface area contributed by atoms with E-state index < -0.39 is 6.61 Å². The Morgan fingerprint density at radius 1 is 1.21 bits per heavy atom. The molecular formula is C24H23F2N3O3S. The van der Waals surface area contributed by atoms with Gasteiger partial charge >= 0.3 is 6.61 Å². The number of ether oxygens (including phenoxy) is 1. The first-order valence-corrected chi connectivity index (χ1v) is 11.7. The van der Waals surface area contributed by atoms with Crippen LogP contribution in [-0.2, 0) is 4.79 Å². The monoisotopic (exact) mass is 471 g/mol. The Kier molecular flexibility index (Phi) is 7.08. The van der Waals surface area contributed by atoms with Crippen LogP contribution in [0.1, 0.15) is 26.2 Å². The number of nitrogens with zero attached hydrogens (tertiary/aromatic N) is 3. The normalized spacial score (nSPS) is 13.4. The minimum absolute atomic E-state index is 0.0108. The molecule has 1 aliphatic carbocycles. The molecule has 0 spiro atoms. The van der Waals surface area contributed by atoms with Gasteiger partial charge in [-0.3, -0.25) is 14.2 Å². The van der Waals surface area contributed by atoms with Crippen molar-refractivity contribution in [3.05, 3.63) is 70.7 Å². The maximum absolute atomic E-state index is 13.3. The van der Waals surface area contributed by atoms with Gasteiger partial charge in [-0.1, -0.05) is 30.0 Å². The Morgan fingerprint density at radius 3 is 2.64 bits per heavy atom. The molecule has 0 bridgehead atoms. The van der Waals surface area contributed by atoms with Crippen molar-refractivity contribution in [2.24, 2.45) is 0 Å². The Hall–Kier alpha value is -3.20. The summed E-state index contributed by atoms with van der Waals surface area (Å²) < 4.78 is 30.8. The number of hydrogen-bond donors (Lipinski definition) is 0. The molecule has 6 nitrogen and oxygen atoms in total. The van der Waals surface area contributed by atoms with Crippen molar-refractivity contribution in [3.8, 4) is 11.4 Å². The largest absolute Gasteiger partial charge is 0.435 e. The van der Waals surface area contributed by atoms with E-state index in [1.807, 2.05) is 6.92 Å². The molecule has 1 heterocycles. The number of alkyl halides is 2. The van der Waals surface area contributed by atoms with E-state index in [1.54, 1.807) is 29.2 Å². The van der Waals surface area contributed by atoms with Gasteiger partial charge in [-0.15, -0.1) is 0 Å². The summed E-state index contributed by atoms with van der Waals surface area (Å²) in [5.74, 6) is 0.0522. The van der Waals surface area contributed by atoms with Gasteiger partial charge in [0.05, 0.1) is 22.3 Å². The number of fused-ring (bicyclic) bond motifs is 1. The van der Waals surface area contributed by atoms with Gasteiger partial charge in [0.2, 0.25) is 5.91 Å². The summed E-state index contributed by atoms with van der Waals surface area (Å²) >= 11 is 1.18. The molecule has 0 unspecified atom stereocenters. The van der Waals surface area contributed by atoms with Gasteiger partial charge in [0.15, 0.2) is 5.16 Å². The predicted molar refractivity (Wildman–Crippen MR) is 124 cm³/mol. The van der Waals surface area contributed by atoms with Gasteiger partial charge in [0, 0.05) is 12.2 Å². The fraction of sp³-hybridized carbons (Fsp3) is 0.292. The van der Waals surface area contributed by atoms with Crippen molar-refractivity contribution in [1.29, 1.82) is 0 Å². The number of rotatable bonds is 8. The zero-order valence-corrected chi connectivity index (χ0v) is 18.9. The van der Waals surface area contributed by atoms with Crippen molar-refractivity contribution >= 4 is 28.6 Å². The third-order valence-electron chi connectivity index (χ3n) is 5.37. The number of thioether (sulfide) groups is 1. The van der Waals surface area contributed by atoms with Gasteiger partial charge < -0.3 is 9.64 Å². The highest BCUT2D eigenvalue weighted by Crippen LogP contribution is 2.26. The molecule has 0 fully saturated rings. The zero-order valence-electron chi connectivity index (χ0n) is 18.0. The van der Waals surface area contributed by atoms with Crippen LogP contribution in [0.15, 0.2) is 70.3 Å². The van der Waals surface area contributed by atoms with Crippen LogP contribution in [0.4, 0.5) is 8.78 Å². The van der Waals surface area contributed by atoms with Gasteiger partial charge in [0.25, 0.3) is 5.56 Å². The van der Waals surface area contributed by atoms with Crippen molar-refractivity contribution in [2.75, 3.05) is 12.3 Å². The lowest BCUT2D eigenvalue weighted by Gasteiger charge is -2.22. The Balaban J connectivity index is 1.68. The lowest BCUT2D eigenvalue weighted by atomic mass is 10.2. The lowest BCUT2D eigenvalue weighted by Crippen LogP contribution is -2.31. The van der Waals surface area contributed by atoms with Gasteiger partial charge in [0.1, 0.15) is 5.75 Å². The first-order chi connectivity index (χ1) is 16.0. The fourth-order valence-corrected chi connectivity index (χ4v) is 4.75. The molecule has 2 aromatic carbocycles. The van der Waals surface area contributed by atoms with E-state index in [0.29, 0.717) is 28.3 Å². The molecule has 1 amide bonds. The Morgan fingerprint density at radius 2 is 1.97 bits per heavy atom. The zero-order chi connectivity index (χ0) is 23.4. The lowest BCUT2D eigenvalue weighted by molar-refractivity contribution is -0.126. The average Bonchev–Trinajstić information content (AvgIpc) is 3.33. The summed E-state index contributed by atoms with van der Waals surface area (Å²) in [5, 5.41) is 0.776. The maximum Gasteiger partial charge on any atom is 0.387 e. The van der Waals surface area contributed by atoms with E-state index in [9.17, 15) is 18.4 Å². The van der Waals surface area contributed by atoms with Crippen molar-refractivity contribution in [3.63, 3.8) is 0 Å². The number of benzene rings is 2. The van der Waals surface area contributed by atoms with E-state index in [4.69, 9.17) is 0 Å². The molecule has 0 saturated heterocycles. The van der Waals surface area contributed by atoms with E-state index in [0.717, 1.165) is 25.0 Å². The van der Waals surface area contributed by atoms with E-state index in [-0.39, 0.29) is 23.0 Å². The number of para-hydroxylation sites is 1. The van der Waals surface area contributed by atoms with Crippen LogP contribution in [0.3, 0.4) is 0 Å². The first-order valence-electron chi connectivity index (χ1n) is 10.7. The summed E-state index contributed by atoms with van der Waals surface area (Å²) in [6.07, 6.45) is 5.00. The van der Waals surface area contributed by atoms with Gasteiger partial charge in [-0.25, -0.2) is 4.98 Å². The number of hydrogen-bond acceptors (Lipinski definition) is 5. The molecule has 0 radical (unpaired) electrons. The second-order valence-electron chi connectivity index (χ2n) is 7.44. The SMILES string of the molecule is CCN(C(=O)CSc1nc2ccccc2c(=O)n1-c1ccc(OC(F)F)cc1)C1=CCCC1. The Bertz CT molecular complexity index is 1240. The van der Waals surface area contributed by atoms with Crippen molar-refractivity contribution in [2.45, 2.75) is 38.0 Å². The average molecular weight is 472 g/mol. The number of halogens is 2. The topological polar surface area (TPSA) is 64.4 Å². The second-order valence-corrected chi connectivity index (χ2v) is 8.38. The van der Waals surface area contributed by atoms with Crippen molar-refractivity contribution in [1.82, 2.24) is 14.5 Å². The molecule has 1 aliphatic rings. The molecule has 1 aromatic heterocycles. The molecule has 33 heavy (non-hydrogen) atoms. The number of aromatic nitrogens is 2. The molecule has 0 aliphatic heterocycles. The fourth-order valence-electron chi connectivity index (χ4n) is 3.86. The Labute approximate surface area is 193 Å². The van der Waals surface area contributed by atoms with Crippen LogP contribution in [-0.4, -0.2) is 39.3 Å². The first kappa shape index (κ1) is 23.0. The number of carbonyl (C=O) groups excluding carboxylic acids is 1. The molecule has 4 rings (SSSR count). The summed E-state index contributed by atoms with van der Waals surface area (Å²) in [6.45, 7) is -0.418. The predicted octanol–water partition coefficient (Wildman–Crippen LogP) is 5.00. The van der Waals surface area contributed by atoms with Gasteiger partial charge in [-0.05, 0) is 62.6 Å². The molecule has 0 saturated carbocycles. The molecule has 0 N–H and O–H groups in total. The minimum atomic E-state index is -2.94. The highest BCUT2D eigenvalue weighted by molar-refractivity contribution is 7.99. The second kappa shape index (κ2) is 10.2. The highest BCUT2D eigenvalue weighted by Gasteiger charge is 2.21. The van der Waals surface area contributed by atoms with Crippen LogP contribution < -0.4 is 10.3 Å². The van der Waals surface area contributed by atoms with Crippen LogP contribution in [0.5, 0.6) is 5.75 Å². The standard InChI is InChI=1S/C24H23F2N3O3S/c1-2-28(16-7-3-4-8-16)21(30)15-33-24-27-20-10-6-5-9-19(20)22(31)29(24)17-11-13-18(14-12-17)32-23(25)26/h5-7,9-14,23H,2-4,8,15H2,1H3. The summed E-state index contributed by atoms with van der Waals surface area (Å²) in [5.41, 5.74) is 1.71. The molecular weight excluding hydrogens is 448 g/mol. The third-order valence-corrected chi connectivity index (χ3v) is 6.29. The van der Waals surface area contributed by atoms with Crippen LogP contribution in [0.25, 0.3) is 16.6 Å². The molecule has 172 valence electrons. The molecule has 0 atom stereocenters. The van der Waals surface area contributed by atoms with E-state index in [1.165, 1.54) is 40.6 Å². The smallest absolute Gasteiger partial charge is 0.387 e. The quantitative estimate of drug-likeness (QED) is 0.342. The maximum atomic E-state index is 13.3. The van der Waals surface area contributed by atoms with Crippen molar-refractivity contribution < 1.29 is 18.3 Å². The summed E-state index contributed by atoms with van der Waals surface area (Å²) in [6, 6.07) is 12.7. The third kappa shape index (κ3) is 5.08. The van der Waals surface area contributed by atoms with E-state index in [2.05, 4.69) is 15.8 Å². The molecule has 3 aromatic rings. The van der Waals surface area contributed by atoms with E-state index >= 15 is 0 Å². The van der Waals surface area contributed by atoms with Crippen LogP contribution >= 0.6 is 11.8 Å². The number of allylic oxidation sites excluding steroid dienone is 2. The highest BCUT2D eigenvalue weighted by atomic mass is 32.2. The van der Waals surface area contributed by atoms with Crippen LogP contribution in [0, 0.1) is 0 Å². The van der Waals surface area contributed by atoms with Gasteiger partial charge in [-0.2, -0.15) is 8.78 Å². The summed E-state index contributed by atoms with van der Waals surface area (Å²) in [4.78, 5) is 32.7. The van der Waals surface area contributed by atoms with Crippen LogP contribution in [0.2, 0.25) is 0 Å². The summed E-state index contributed by atoms with van der Waals surface area (Å²) in [7, 11) is 0.